The molecule has 1 aromatic heterocycles. The van der Waals surface area contributed by atoms with Gasteiger partial charge in [-0.3, -0.25) is 4.90 Å². The lowest BCUT2D eigenvalue weighted by Crippen LogP contribution is -2.50. The predicted molar refractivity (Wildman–Crippen MR) is 78.7 cm³/mol. The van der Waals surface area contributed by atoms with E-state index in [2.05, 4.69) is 17.1 Å². The second kappa shape index (κ2) is 4.54. The van der Waals surface area contributed by atoms with Gasteiger partial charge in [-0.1, -0.05) is 6.92 Å². The molecule has 3 nitrogen and oxygen atoms in total. The standard InChI is InChI=1S/C15H23N3S/c1-2-16-15(8-10-18-9-4-7-13(15)18)14-17-11-5-3-6-12(11)19-14/h13,16H,2-10H2,1H3. The van der Waals surface area contributed by atoms with Gasteiger partial charge in [0.25, 0.3) is 0 Å². The highest BCUT2D eigenvalue weighted by Gasteiger charge is 2.51. The summed E-state index contributed by atoms with van der Waals surface area (Å²) in [4.78, 5) is 9.32. The lowest BCUT2D eigenvalue weighted by molar-refractivity contribution is 0.227. The molecule has 0 bridgehead atoms. The molecule has 2 unspecified atom stereocenters. The van der Waals surface area contributed by atoms with Crippen LogP contribution in [-0.2, 0) is 18.4 Å². The Morgan fingerprint density at radius 2 is 2.32 bits per heavy atom. The molecule has 2 aliphatic heterocycles. The fraction of sp³-hybridized carbons (Fsp3) is 0.800. The molecule has 0 spiro atoms. The summed E-state index contributed by atoms with van der Waals surface area (Å²) in [5, 5.41) is 5.24. The van der Waals surface area contributed by atoms with E-state index in [1.807, 2.05) is 11.3 Å². The Morgan fingerprint density at radius 3 is 3.16 bits per heavy atom. The van der Waals surface area contributed by atoms with Crippen LogP contribution in [0.5, 0.6) is 0 Å². The number of nitrogens with zero attached hydrogens (tertiary/aromatic N) is 2. The van der Waals surface area contributed by atoms with Crippen molar-refractivity contribution in [2.75, 3.05) is 19.6 Å². The minimum Gasteiger partial charge on any atom is -0.304 e. The van der Waals surface area contributed by atoms with Crippen molar-refractivity contribution in [1.29, 1.82) is 0 Å². The number of rotatable bonds is 3. The molecule has 1 N–H and O–H groups in total. The average molecular weight is 277 g/mol. The third kappa shape index (κ3) is 1.73. The maximum Gasteiger partial charge on any atom is 0.115 e. The molecule has 1 aromatic rings. The highest BCUT2D eigenvalue weighted by Crippen LogP contribution is 2.45. The van der Waals surface area contributed by atoms with E-state index in [-0.39, 0.29) is 5.54 Å². The molecule has 4 rings (SSSR count). The normalized spacial score (nSPS) is 33.8. The van der Waals surface area contributed by atoms with Crippen molar-refractivity contribution in [1.82, 2.24) is 15.2 Å². The molecule has 3 aliphatic rings. The molecular weight excluding hydrogens is 254 g/mol. The predicted octanol–water partition coefficient (Wildman–Crippen LogP) is 2.30. The first-order valence-corrected chi connectivity index (χ1v) is 8.63. The maximum atomic E-state index is 5.05. The highest BCUT2D eigenvalue weighted by molar-refractivity contribution is 7.12. The van der Waals surface area contributed by atoms with Gasteiger partial charge in [-0.15, -0.1) is 11.3 Å². The van der Waals surface area contributed by atoms with E-state index in [0.717, 1.165) is 6.54 Å². The SMILES string of the molecule is CCNC1(c2nc3c(s2)CCC3)CCN2CCCC21. The molecule has 2 saturated heterocycles. The number of aromatic nitrogens is 1. The fourth-order valence-electron chi connectivity index (χ4n) is 4.37. The van der Waals surface area contributed by atoms with E-state index >= 15 is 0 Å². The van der Waals surface area contributed by atoms with Gasteiger partial charge in [0.15, 0.2) is 0 Å². The summed E-state index contributed by atoms with van der Waals surface area (Å²) in [5.41, 5.74) is 1.58. The van der Waals surface area contributed by atoms with E-state index in [9.17, 15) is 0 Å². The number of hydrogen-bond donors (Lipinski definition) is 1. The van der Waals surface area contributed by atoms with Gasteiger partial charge in [0.2, 0.25) is 0 Å². The first-order chi connectivity index (χ1) is 9.33. The molecule has 3 heterocycles. The highest BCUT2D eigenvalue weighted by atomic mass is 32.1. The zero-order valence-electron chi connectivity index (χ0n) is 11.7. The van der Waals surface area contributed by atoms with E-state index in [1.165, 1.54) is 62.3 Å². The van der Waals surface area contributed by atoms with Crippen molar-refractivity contribution in [3.05, 3.63) is 15.6 Å². The summed E-state index contributed by atoms with van der Waals surface area (Å²) in [5.74, 6) is 0. The molecule has 0 radical (unpaired) electrons. The van der Waals surface area contributed by atoms with Crippen LogP contribution < -0.4 is 5.32 Å². The molecule has 0 saturated carbocycles. The molecule has 4 heteroatoms. The summed E-state index contributed by atoms with van der Waals surface area (Å²) in [6, 6.07) is 0.693. The molecule has 2 atom stereocenters. The lowest BCUT2D eigenvalue weighted by atomic mass is 9.89. The van der Waals surface area contributed by atoms with E-state index < -0.39 is 0 Å². The van der Waals surface area contributed by atoms with Crippen molar-refractivity contribution in [2.24, 2.45) is 0 Å². The summed E-state index contributed by atoms with van der Waals surface area (Å²) < 4.78 is 0. The first-order valence-electron chi connectivity index (χ1n) is 7.81. The smallest absolute Gasteiger partial charge is 0.115 e. The first kappa shape index (κ1) is 12.3. The Hall–Kier alpha value is -0.450. The maximum absolute atomic E-state index is 5.05. The van der Waals surface area contributed by atoms with Gasteiger partial charge in [0, 0.05) is 17.5 Å². The molecule has 19 heavy (non-hydrogen) atoms. The number of aryl methyl sites for hydroxylation is 2. The van der Waals surface area contributed by atoms with Gasteiger partial charge in [0.1, 0.15) is 5.01 Å². The monoisotopic (exact) mass is 277 g/mol. The largest absolute Gasteiger partial charge is 0.304 e. The second-order valence-corrected chi connectivity index (χ2v) is 7.27. The van der Waals surface area contributed by atoms with Crippen molar-refractivity contribution >= 4 is 11.3 Å². The van der Waals surface area contributed by atoms with Crippen LogP contribution >= 0.6 is 11.3 Å². The molecule has 104 valence electrons. The number of nitrogens with one attached hydrogen (secondary N) is 1. The van der Waals surface area contributed by atoms with Crippen LogP contribution in [0, 0.1) is 0 Å². The van der Waals surface area contributed by atoms with Crippen LogP contribution in [0.2, 0.25) is 0 Å². The molecule has 0 amide bonds. The van der Waals surface area contributed by atoms with Crippen LogP contribution in [0.1, 0.15) is 48.2 Å². The molecular formula is C15H23N3S. The van der Waals surface area contributed by atoms with Crippen LogP contribution in [0.4, 0.5) is 0 Å². The van der Waals surface area contributed by atoms with E-state index in [4.69, 9.17) is 4.98 Å². The van der Waals surface area contributed by atoms with Crippen LogP contribution in [0.15, 0.2) is 0 Å². The number of likely N-dealkylation sites (N-methyl/N-ethyl adjacent to an activating group) is 1. The Balaban J connectivity index is 1.74. The number of hydrogen-bond acceptors (Lipinski definition) is 4. The third-order valence-corrected chi connectivity index (χ3v) is 6.53. The summed E-state index contributed by atoms with van der Waals surface area (Å²) in [6.07, 6.45) is 7.75. The van der Waals surface area contributed by atoms with E-state index in [1.54, 1.807) is 4.88 Å². The van der Waals surface area contributed by atoms with Crippen molar-refractivity contribution in [3.8, 4) is 0 Å². The van der Waals surface area contributed by atoms with Crippen molar-refractivity contribution in [2.45, 2.75) is 57.0 Å². The Bertz CT molecular complexity index is 458. The van der Waals surface area contributed by atoms with Gasteiger partial charge in [-0.25, -0.2) is 4.98 Å². The Morgan fingerprint density at radius 1 is 1.37 bits per heavy atom. The minimum atomic E-state index is 0.167. The van der Waals surface area contributed by atoms with Crippen LogP contribution in [-0.4, -0.2) is 35.6 Å². The topological polar surface area (TPSA) is 28.2 Å². The average Bonchev–Trinajstić information content (AvgIpc) is 3.08. The van der Waals surface area contributed by atoms with Gasteiger partial charge in [-0.05, 0) is 51.6 Å². The van der Waals surface area contributed by atoms with Gasteiger partial charge < -0.3 is 5.32 Å². The zero-order valence-corrected chi connectivity index (χ0v) is 12.6. The molecule has 1 aliphatic carbocycles. The van der Waals surface area contributed by atoms with Gasteiger partial charge >= 0.3 is 0 Å². The third-order valence-electron chi connectivity index (χ3n) is 5.20. The summed E-state index contributed by atoms with van der Waals surface area (Å²) in [6.45, 7) is 5.83. The van der Waals surface area contributed by atoms with Gasteiger partial charge in [0.05, 0.1) is 11.2 Å². The lowest BCUT2D eigenvalue weighted by Gasteiger charge is -2.34. The van der Waals surface area contributed by atoms with E-state index in [0.29, 0.717) is 6.04 Å². The quantitative estimate of drug-likeness (QED) is 0.919. The number of fused-ring (bicyclic) bond motifs is 2. The summed E-state index contributed by atoms with van der Waals surface area (Å²) >= 11 is 2.01. The van der Waals surface area contributed by atoms with Crippen LogP contribution in [0.25, 0.3) is 0 Å². The van der Waals surface area contributed by atoms with Crippen LogP contribution in [0.3, 0.4) is 0 Å². The minimum absolute atomic E-state index is 0.167. The summed E-state index contributed by atoms with van der Waals surface area (Å²) in [7, 11) is 0. The second-order valence-electron chi connectivity index (χ2n) is 6.19. The molecule has 0 aromatic carbocycles. The fourth-order valence-corrected chi connectivity index (χ4v) is 5.76. The van der Waals surface area contributed by atoms with Gasteiger partial charge in [-0.2, -0.15) is 0 Å². The van der Waals surface area contributed by atoms with Crippen molar-refractivity contribution in [3.63, 3.8) is 0 Å². The Kier molecular flexibility index (Phi) is 2.94. The number of thiazole rings is 1. The Labute approximate surface area is 119 Å². The van der Waals surface area contributed by atoms with Crippen molar-refractivity contribution < 1.29 is 0 Å². The zero-order chi connectivity index (χ0) is 12.9. The molecule has 2 fully saturated rings.